The molecule has 2 aromatic carbocycles. The SMILES string of the molecule is CCOc1cc([C@H]2c3c(n[nH]c3C)C(=O)N2c2ccc(Br)cc2)ccc1O. The van der Waals surface area contributed by atoms with Crippen LogP contribution >= 0.6 is 15.9 Å². The molecule has 1 aromatic heterocycles. The fourth-order valence-corrected chi connectivity index (χ4v) is 3.72. The number of amides is 1. The highest BCUT2D eigenvalue weighted by molar-refractivity contribution is 9.10. The lowest BCUT2D eigenvalue weighted by molar-refractivity contribution is 0.0988. The standard InChI is InChI=1S/C20H18BrN3O3/c1-3-27-16-10-12(4-9-15(16)25)19-17-11(2)22-23-18(17)20(26)24(19)14-7-5-13(21)6-8-14/h4-10,19,25H,3H2,1-2H3,(H,22,23)/t19-/m0/s1. The molecule has 0 fully saturated rings. The molecule has 1 aliphatic heterocycles. The Morgan fingerprint density at radius 3 is 2.70 bits per heavy atom. The molecule has 6 nitrogen and oxygen atoms in total. The number of fused-ring (bicyclic) bond motifs is 1. The van der Waals surface area contributed by atoms with Crippen molar-refractivity contribution in [2.45, 2.75) is 19.9 Å². The van der Waals surface area contributed by atoms with Gasteiger partial charge in [-0.2, -0.15) is 5.10 Å². The molecular formula is C20H18BrN3O3. The molecule has 1 amide bonds. The predicted octanol–water partition coefficient (Wildman–Crippen LogP) is 4.33. The minimum atomic E-state index is -0.354. The van der Waals surface area contributed by atoms with Crippen molar-refractivity contribution in [1.29, 1.82) is 0 Å². The van der Waals surface area contributed by atoms with E-state index in [0.29, 0.717) is 18.1 Å². The van der Waals surface area contributed by atoms with Crippen LogP contribution in [0.3, 0.4) is 0 Å². The number of ether oxygens (including phenoxy) is 1. The van der Waals surface area contributed by atoms with Crippen LogP contribution in [0, 0.1) is 6.92 Å². The number of hydrogen-bond acceptors (Lipinski definition) is 4. The lowest BCUT2D eigenvalue weighted by Crippen LogP contribution is -2.29. The third kappa shape index (κ3) is 2.88. The number of halogens is 1. The molecule has 7 heteroatoms. The number of phenols is 1. The molecule has 0 saturated carbocycles. The summed E-state index contributed by atoms with van der Waals surface area (Å²) in [7, 11) is 0. The zero-order valence-electron chi connectivity index (χ0n) is 14.9. The summed E-state index contributed by atoms with van der Waals surface area (Å²) in [5.74, 6) is 0.310. The van der Waals surface area contributed by atoms with Crippen LogP contribution in [0.25, 0.3) is 0 Å². The molecule has 0 aliphatic carbocycles. The van der Waals surface area contributed by atoms with Gasteiger partial charge in [0.2, 0.25) is 0 Å². The Morgan fingerprint density at radius 1 is 1.26 bits per heavy atom. The maximum Gasteiger partial charge on any atom is 0.279 e. The van der Waals surface area contributed by atoms with Gasteiger partial charge in [0.25, 0.3) is 5.91 Å². The first-order chi connectivity index (χ1) is 13.0. The smallest absolute Gasteiger partial charge is 0.279 e. The van der Waals surface area contributed by atoms with Crippen molar-refractivity contribution in [3.05, 3.63) is 69.5 Å². The van der Waals surface area contributed by atoms with Crippen LogP contribution in [0.1, 0.15) is 40.3 Å². The summed E-state index contributed by atoms with van der Waals surface area (Å²) in [6.45, 7) is 4.20. The molecular weight excluding hydrogens is 410 g/mol. The second kappa shape index (κ2) is 6.74. The molecule has 3 aromatic rings. The van der Waals surface area contributed by atoms with Crippen LogP contribution in [0.5, 0.6) is 11.5 Å². The lowest BCUT2D eigenvalue weighted by atomic mass is 9.98. The van der Waals surface area contributed by atoms with E-state index in [1.807, 2.05) is 44.2 Å². The fraction of sp³-hybridized carbons (Fsp3) is 0.200. The van der Waals surface area contributed by atoms with Gasteiger partial charge in [-0.3, -0.25) is 14.8 Å². The van der Waals surface area contributed by atoms with Gasteiger partial charge < -0.3 is 9.84 Å². The van der Waals surface area contributed by atoms with Crippen LogP contribution in [-0.2, 0) is 0 Å². The van der Waals surface area contributed by atoms with Crippen LogP contribution in [0.15, 0.2) is 46.9 Å². The Bertz CT molecular complexity index is 1010. The number of phenolic OH excluding ortho intramolecular Hbond substituents is 1. The van der Waals surface area contributed by atoms with Gasteiger partial charge in [-0.15, -0.1) is 0 Å². The number of aromatic amines is 1. The number of aromatic nitrogens is 2. The number of rotatable bonds is 4. The number of carbonyl (C=O) groups excluding carboxylic acids is 1. The Labute approximate surface area is 164 Å². The van der Waals surface area contributed by atoms with Crippen LogP contribution < -0.4 is 9.64 Å². The topological polar surface area (TPSA) is 78.5 Å². The summed E-state index contributed by atoms with van der Waals surface area (Å²) in [5.41, 5.74) is 3.73. The molecule has 0 bridgehead atoms. The molecule has 138 valence electrons. The molecule has 4 rings (SSSR count). The minimum Gasteiger partial charge on any atom is -0.504 e. The van der Waals surface area contributed by atoms with E-state index in [2.05, 4.69) is 26.1 Å². The molecule has 2 heterocycles. The minimum absolute atomic E-state index is 0.0734. The van der Waals surface area contributed by atoms with Crippen molar-refractivity contribution < 1.29 is 14.6 Å². The number of anilines is 1. The zero-order valence-corrected chi connectivity index (χ0v) is 16.4. The number of aryl methyl sites for hydroxylation is 1. The van der Waals surface area contributed by atoms with Crippen molar-refractivity contribution in [2.75, 3.05) is 11.5 Å². The first kappa shape index (κ1) is 17.6. The molecule has 0 spiro atoms. The summed E-state index contributed by atoms with van der Waals surface area (Å²) < 4.78 is 6.47. The summed E-state index contributed by atoms with van der Waals surface area (Å²) in [5, 5.41) is 17.2. The van der Waals surface area contributed by atoms with Gasteiger partial charge >= 0.3 is 0 Å². The maximum atomic E-state index is 13.1. The Hall–Kier alpha value is -2.80. The van der Waals surface area contributed by atoms with E-state index in [0.717, 1.165) is 27.0 Å². The second-order valence-electron chi connectivity index (χ2n) is 6.33. The number of hydrogen-bond donors (Lipinski definition) is 2. The number of benzene rings is 2. The highest BCUT2D eigenvalue weighted by atomic mass is 79.9. The van der Waals surface area contributed by atoms with Crippen molar-refractivity contribution in [2.24, 2.45) is 0 Å². The van der Waals surface area contributed by atoms with E-state index < -0.39 is 0 Å². The molecule has 1 aliphatic rings. The van der Waals surface area contributed by atoms with Crippen LogP contribution in [0.4, 0.5) is 5.69 Å². The Morgan fingerprint density at radius 2 is 2.00 bits per heavy atom. The molecule has 1 atom stereocenters. The summed E-state index contributed by atoms with van der Waals surface area (Å²) in [6.07, 6.45) is 0. The van der Waals surface area contributed by atoms with Crippen LogP contribution in [0.2, 0.25) is 0 Å². The largest absolute Gasteiger partial charge is 0.504 e. The first-order valence-corrected chi connectivity index (χ1v) is 9.40. The average molecular weight is 428 g/mol. The summed E-state index contributed by atoms with van der Waals surface area (Å²) in [6, 6.07) is 12.4. The lowest BCUT2D eigenvalue weighted by Gasteiger charge is -2.26. The summed E-state index contributed by atoms with van der Waals surface area (Å²) >= 11 is 3.43. The number of carbonyl (C=O) groups is 1. The van der Waals surface area contributed by atoms with E-state index in [1.165, 1.54) is 0 Å². The zero-order chi connectivity index (χ0) is 19.1. The van der Waals surface area contributed by atoms with Gasteiger partial charge in [0.15, 0.2) is 17.2 Å². The fourth-order valence-electron chi connectivity index (χ4n) is 3.45. The summed E-state index contributed by atoms with van der Waals surface area (Å²) in [4.78, 5) is 14.8. The number of aromatic hydroxyl groups is 1. The van der Waals surface area contributed by atoms with E-state index in [4.69, 9.17) is 4.74 Å². The molecule has 0 radical (unpaired) electrons. The van der Waals surface area contributed by atoms with Gasteiger partial charge in [0, 0.05) is 21.4 Å². The normalized spacial score (nSPS) is 15.9. The van der Waals surface area contributed by atoms with Crippen LogP contribution in [-0.4, -0.2) is 27.8 Å². The van der Waals surface area contributed by atoms with Crippen molar-refractivity contribution in [3.63, 3.8) is 0 Å². The Balaban J connectivity index is 1.88. The highest BCUT2D eigenvalue weighted by Gasteiger charge is 2.42. The molecule has 0 unspecified atom stereocenters. The van der Waals surface area contributed by atoms with Gasteiger partial charge in [-0.1, -0.05) is 22.0 Å². The van der Waals surface area contributed by atoms with E-state index >= 15 is 0 Å². The van der Waals surface area contributed by atoms with Gasteiger partial charge in [0.1, 0.15) is 0 Å². The van der Waals surface area contributed by atoms with E-state index in [1.54, 1.807) is 17.0 Å². The molecule has 27 heavy (non-hydrogen) atoms. The maximum absolute atomic E-state index is 13.1. The van der Waals surface area contributed by atoms with E-state index in [9.17, 15) is 9.90 Å². The van der Waals surface area contributed by atoms with Gasteiger partial charge in [-0.05, 0) is 55.8 Å². The second-order valence-corrected chi connectivity index (χ2v) is 7.24. The Kier molecular flexibility index (Phi) is 4.39. The number of nitrogens with zero attached hydrogens (tertiary/aromatic N) is 2. The molecule has 0 saturated heterocycles. The van der Waals surface area contributed by atoms with Gasteiger partial charge in [-0.25, -0.2) is 0 Å². The monoisotopic (exact) mass is 427 g/mol. The van der Waals surface area contributed by atoms with Crippen molar-refractivity contribution in [1.82, 2.24) is 10.2 Å². The third-order valence-corrected chi connectivity index (χ3v) is 5.18. The quantitative estimate of drug-likeness (QED) is 0.649. The third-order valence-electron chi connectivity index (χ3n) is 4.65. The average Bonchev–Trinajstić information content (AvgIpc) is 3.17. The van der Waals surface area contributed by atoms with Crippen molar-refractivity contribution in [3.8, 4) is 11.5 Å². The van der Waals surface area contributed by atoms with Crippen molar-refractivity contribution >= 4 is 27.5 Å². The molecule has 2 N–H and O–H groups in total. The van der Waals surface area contributed by atoms with Gasteiger partial charge in [0.05, 0.1) is 12.6 Å². The highest BCUT2D eigenvalue weighted by Crippen LogP contribution is 2.44. The number of nitrogens with one attached hydrogen (secondary N) is 1. The van der Waals surface area contributed by atoms with E-state index in [-0.39, 0.29) is 17.7 Å². The number of H-pyrrole nitrogens is 1. The first-order valence-electron chi connectivity index (χ1n) is 8.61. The predicted molar refractivity (Wildman–Crippen MR) is 105 cm³/mol.